The number of nitrogens with one attached hydrogen (secondary N) is 1. The lowest BCUT2D eigenvalue weighted by molar-refractivity contribution is 0.870. The third-order valence-corrected chi connectivity index (χ3v) is 4.53. The van der Waals surface area contributed by atoms with E-state index in [4.69, 9.17) is 0 Å². The van der Waals surface area contributed by atoms with Crippen LogP contribution in [0.2, 0.25) is 0 Å². The Labute approximate surface area is 112 Å². The second-order valence-electron chi connectivity index (χ2n) is 3.85. The predicted octanol–water partition coefficient (Wildman–Crippen LogP) is 3.52. The van der Waals surface area contributed by atoms with Gasteiger partial charge in [0.1, 0.15) is 0 Å². The average Bonchev–Trinajstić information content (AvgIpc) is 2.59. The summed E-state index contributed by atoms with van der Waals surface area (Å²) < 4.78 is 1.06. The van der Waals surface area contributed by atoms with Crippen LogP contribution in [0.25, 0.3) is 10.7 Å². The predicted molar refractivity (Wildman–Crippen MR) is 74.6 cm³/mol. The number of nitrogens with zero attached hydrogens (tertiary/aromatic N) is 1. The van der Waals surface area contributed by atoms with Crippen LogP contribution >= 0.6 is 27.3 Å². The Hall–Kier alpha value is -0.940. The molecule has 0 aliphatic heterocycles. The molecule has 1 N–H and O–H groups in total. The van der Waals surface area contributed by atoms with E-state index in [2.05, 4.69) is 32.8 Å². The van der Waals surface area contributed by atoms with E-state index in [0.29, 0.717) is 5.82 Å². The Morgan fingerprint density at radius 3 is 2.82 bits per heavy atom. The fraction of sp³-hybridized carbons (Fsp3) is 0.333. The van der Waals surface area contributed by atoms with Gasteiger partial charge >= 0.3 is 0 Å². The van der Waals surface area contributed by atoms with E-state index in [1.165, 1.54) is 4.88 Å². The maximum Gasteiger partial charge on any atom is 0.251 e. The van der Waals surface area contributed by atoms with Crippen LogP contribution in [0.4, 0.5) is 0 Å². The molecule has 0 saturated carbocycles. The van der Waals surface area contributed by atoms with Gasteiger partial charge in [0.25, 0.3) is 5.56 Å². The molecule has 2 heterocycles. The van der Waals surface area contributed by atoms with Gasteiger partial charge < -0.3 is 4.98 Å². The van der Waals surface area contributed by atoms with Gasteiger partial charge in [-0.1, -0.05) is 13.3 Å². The molecule has 0 radical (unpaired) electrons. The number of halogens is 1. The quantitative estimate of drug-likeness (QED) is 0.942. The van der Waals surface area contributed by atoms with E-state index in [0.717, 1.165) is 27.9 Å². The van der Waals surface area contributed by atoms with Crippen LogP contribution in [0, 0.1) is 6.92 Å². The van der Waals surface area contributed by atoms with Crippen molar-refractivity contribution in [2.75, 3.05) is 0 Å². The van der Waals surface area contributed by atoms with Crippen LogP contribution in [-0.4, -0.2) is 9.97 Å². The van der Waals surface area contributed by atoms with Crippen molar-refractivity contribution in [3.63, 3.8) is 0 Å². The van der Waals surface area contributed by atoms with Gasteiger partial charge in [-0.15, -0.1) is 11.3 Å². The molecule has 2 aromatic rings. The molecule has 0 amide bonds. The summed E-state index contributed by atoms with van der Waals surface area (Å²) in [6, 6.07) is 3.57. The van der Waals surface area contributed by atoms with Crippen molar-refractivity contribution in [3.8, 4) is 10.7 Å². The fourth-order valence-corrected chi connectivity index (χ4v) is 3.07. The summed E-state index contributed by atoms with van der Waals surface area (Å²) in [5.74, 6) is 0.666. The smallest absolute Gasteiger partial charge is 0.251 e. The van der Waals surface area contributed by atoms with E-state index in [1.54, 1.807) is 17.4 Å². The van der Waals surface area contributed by atoms with Crippen molar-refractivity contribution in [3.05, 3.63) is 37.5 Å². The van der Waals surface area contributed by atoms with Gasteiger partial charge in [-0.25, -0.2) is 4.98 Å². The SMILES string of the molecule is CCCc1cc(=O)[nH]c(-c2cc(Br)c(C)s2)n1. The first-order chi connectivity index (χ1) is 8.10. The van der Waals surface area contributed by atoms with Gasteiger partial charge in [0, 0.05) is 21.1 Å². The number of thiophene rings is 1. The molecule has 0 bridgehead atoms. The van der Waals surface area contributed by atoms with Gasteiger partial charge in [-0.3, -0.25) is 4.79 Å². The van der Waals surface area contributed by atoms with Gasteiger partial charge in [0.2, 0.25) is 0 Å². The molecule has 3 nitrogen and oxygen atoms in total. The van der Waals surface area contributed by atoms with E-state index >= 15 is 0 Å². The number of rotatable bonds is 3. The molecule has 0 atom stereocenters. The fourth-order valence-electron chi connectivity index (χ4n) is 1.59. The van der Waals surface area contributed by atoms with Crippen molar-refractivity contribution in [2.24, 2.45) is 0 Å². The highest BCUT2D eigenvalue weighted by atomic mass is 79.9. The molecule has 2 rings (SSSR count). The van der Waals surface area contributed by atoms with Crippen LogP contribution in [0.5, 0.6) is 0 Å². The molecule has 0 aliphatic carbocycles. The van der Waals surface area contributed by atoms with E-state index in [-0.39, 0.29) is 5.56 Å². The molecule has 0 aromatic carbocycles. The van der Waals surface area contributed by atoms with Gasteiger partial charge in [-0.05, 0) is 35.3 Å². The van der Waals surface area contributed by atoms with E-state index in [9.17, 15) is 4.79 Å². The lowest BCUT2D eigenvalue weighted by atomic mass is 10.2. The Balaban J connectivity index is 2.47. The first kappa shape index (κ1) is 12.5. The largest absolute Gasteiger partial charge is 0.306 e. The zero-order valence-corrected chi connectivity index (χ0v) is 12.1. The summed E-state index contributed by atoms with van der Waals surface area (Å²) in [7, 11) is 0. The molecule has 0 spiro atoms. The zero-order valence-electron chi connectivity index (χ0n) is 9.71. The minimum absolute atomic E-state index is 0.0828. The maximum atomic E-state index is 11.5. The average molecular weight is 313 g/mol. The summed E-state index contributed by atoms with van der Waals surface area (Å²) in [6.07, 6.45) is 1.82. The number of aromatic amines is 1. The second-order valence-corrected chi connectivity index (χ2v) is 5.96. The van der Waals surface area contributed by atoms with Crippen LogP contribution in [0.3, 0.4) is 0 Å². The lowest BCUT2D eigenvalue weighted by Gasteiger charge is -2.00. The highest BCUT2D eigenvalue weighted by molar-refractivity contribution is 9.10. The van der Waals surface area contributed by atoms with Crippen molar-refractivity contribution in [1.82, 2.24) is 9.97 Å². The molecule has 5 heteroatoms. The summed E-state index contributed by atoms with van der Waals surface area (Å²) in [6.45, 7) is 4.11. The zero-order chi connectivity index (χ0) is 12.4. The number of aryl methyl sites for hydroxylation is 2. The van der Waals surface area contributed by atoms with Gasteiger partial charge in [0.15, 0.2) is 5.82 Å². The van der Waals surface area contributed by atoms with Gasteiger partial charge in [0.05, 0.1) is 4.88 Å². The normalized spacial score (nSPS) is 10.8. The first-order valence-electron chi connectivity index (χ1n) is 5.46. The summed E-state index contributed by atoms with van der Waals surface area (Å²) in [5.41, 5.74) is 0.772. The topological polar surface area (TPSA) is 45.8 Å². The molecular formula is C12H13BrN2OS. The van der Waals surface area contributed by atoms with Crippen LogP contribution in [0.15, 0.2) is 21.4 Å². The number of hydrogen-bond acceptors (Lipinski definition) is 3. The molecule has 2 aromatic heterocycles. The Bertz CT molecular complexity index is 569. The first-order valence-corrected chi connectivity index (χ1v) is 7.07. The minimum atomic E-state index is -0.0828. The molecule has 0 aliphatic rings. The maximum absolute atomic E-state index is 11.5. The third-order valence-electron chi connectivity index (χ3n) is 2.39. The second kappa shape index (κ2) is 5.14. The third kappa shape index (κ3) is 2.84. The van der Waals surface area contributed by atoms with Crippen molar-refractivity contribution < 1.29 is 0 Å². The monoisotopic (exact) mass is 312 g/mol. The van der Waals surface area contributed by atoms with Crippen LogP contribution < -0.4 is 5.56 Å². The summed E-state index contributed by atoms with van der Waals surface area (Å²) in [4.78, 5) is 21.0. The number of aromatic nitrogens is 2. The van der Waals surface area contributed by atoms with E-state index in [1.807, 2.05) is 13.0 Å². The standard InChI is InChI=1S/C12H13BrN2OS/c1-3-4-8-5-11(16)15-12(14-8)10-6-9(13)7(2)17-10/h5-6H,3-4H2,1-2H3,(H,14,15,16). The van der Waals surface area contributed by atoms with E-state index < -0.39 is 0 Å². The Morgan fingerprint density at radius 2 is 2.24 bits per heavy atom. The lowest BCUT2D eigenvalue weighted by Crippen LogP contribution is -2.09. The Morgan fingerprint density at radius 1 is 1.47 bits per heavy atom. The van der Waals surface area contributed by atoms with Crippen molar-refractivity contribution >= 4 is 27.3 Å². The van der Waals surface area contributed by atoms with Gasteiger partial charge in [-0.2, -0.15) is 0 Å². The molecule has 17 heavy (non-hydrogen) atoms. The summed E-state index contributed by atoms with van der Waals surface area (Å²) >= 11 is 5.10. The molecular weight excluding hydrogens is 300 g/mol. The summed E-state index contributed by atoms with van der Waals surface area (Å²) in [5, 5.41) is 0. The van der Waals surface area contributed by atoms with Crippen molar-refractivity contribution in [2.45, 2.75) is 26.7 Å². The highest BCUT2D eigenvalue weighted by Crippen LogP contribution is 2.31. The highest BCUT2D eigenvalue weighted by Gasteiger charge is 2.08. The minimum Gasteiger partial charge on any atom is -0.306 e. The number of H-pyrrole nitrogens is 1. The Kier molecular flexibility index (Phi) is 3.79. The molecule has 0 saturated heterocycles. The van der Waals surface area contributed by atoms with Crippen molar-refractivity contribution in [1.29, 1.82) is 0 Å². The molecule has 90 valence electrons. The number of hydrogen-bond donors (Lipinski definition) is 1. The van der Waals surface area contributed by atoms with Crippen LogP contribution in [-0.2, 0) is 6.42 Å². The molecule has 0 fully saturated rings. The van der Waals surface area contributed by atoms with Crippen LogP contribution in [0.1, 0.15) is 23.9 Å². The molecule has 0 unspecified atom stereocenters.